The molecule has 1 aliphatic rings. The minimum Gasteiger partial charge on any atom is -0.344 e. The van der Waals surface area contributed by atoms with Crippen LogP contribution in [0, 0.1) is 6.92 Å². The topological polar surface area (TPSA) is 79.7 Å². The Bertz CT molecular complexity index is 867. The van der Waals surface area contributed by atoms with E-state index in [9.17, 15) is 4.79 Å². The summed E-state index contributed by atoms with van der Waals surface area (Å²) in [5.41, 5.74) is 2.85. The van der Waals surface area contributed by atoms with E-state index in [1.165, 1.54) is 0 Å². The predicted molar refractivity (Wildman–Crippen MR) is 89.2 cm³/mol. The molecule has 1 N–H and O–H groups in total. The molecule has 1 atom stereocenters. The average molecular weight is 324 g/mol. The smallest absolute Gasteiger partial charge is 0.225 e. The monoisotopic (exact) mass is 324 g/mol. The quantitative estimate of drug-likeness (QED) is 0.798. The molecular formula is C17H20N6O. The summed E-state index contributed by atoms with van der Waals surface area (Å²) in [5.74, 6) is 1.04. The number of likely N-dealkylation sites (tertiary alicyclic amines) is 1. The van der Waals surface area contributed by atoms with Crippen molar-refractivity contribution in [1.82, 2.24) is 29.9 Å². The first-order valence-electron chi connectivity index (χ1n) is 8.31. The van der Waals surface area contributed by atoms with Gasteiger partial charge in [-0.05, 0) is 31.9 Å². The highest BCUT2D eigenvalue weighted by molar-refractivity contribution is 5.77. The van der Waals surface area contributed by atoms with Gasteiger partial charge in [0.15, 0.2) is 0 Å². The molecule has 24 heavy (non-hydrogen) atoms. The Morgan fingerprint density at radius 1 is 1.38 bits per heavy atom. The number of benzene rings is 1. The molecule has 0 bridgehead atoms. The van der Waals surface area contributed by atoms with E-state index in [1.807, 2.05) is 42.3 Å². The first-order valence-corrected chi connectivity index (χ1v) is 8.31. The van der Waals surface area contributed by atoms with Crippen LogP contribution in [0.4, 0.5) is 0 Å². The number of aromatic nitrogens is 5. The fourth-order valence-corrected chi connectivity index (χ4v) is 3.38. The second-order valence-corrected chi connectivity index (χ2v) is 6.25. The lowest BCUT2D eigenvalue weighted by Gasteiger charge is -2.23. The van der Waals surface area contributed by atoms with Gasteiger partial charge in [0.1, 0.15) is 11.3 Å². The Kier molecular flexibility index (Phi) is 3.76. The van der Waals surface area contributed by atoms with Crippen LogP contribution >= 0.6 is 0 Å². The number of rotatable bonds is 4. The summed E-state index contributed by atoms with van der Waals surface area (Å²) < 4.78 is 1.80. The van der Waals surface area contributed by atoms with Crippen LogP contribution in [0.15, 0.2) is 30.5 Å². The van der Waals surface area contributed by atoms with Gasteiger partial charge in [0.05, 0.1) is 18.1 Å². The zero-order valence-corrected chi connectivity index (χ0v) is 13.6. The Hall–Kier alpha value is -2.70. The summed E-state index contributed by atoms with van der Waals surface area (Å²) >= 11 is 0. The summed E-state index contributed by atoms with van der Waals surface area (Å²) in [4.78, 5) is 22.3. The van der Waals surface area contributed by atoms with Crippen LogP contribution in [-0.2, 0) is 11.3 Å². The summed E-state index contributed by atoms with van der Waals surface area (Å²) in [6, 6.07) is 7.87. The zero-order chi connectivity index (χ0) is 16.5. The number of amides is 1. The molecule has 1 fully saturated rings. The minimum atomic E-state index is 0.0682. The van der Waals surface area contributed by atoms with Crippen LogP contribution in [0.25, 0.3) is 11.0 Å². The van der Waals surface area contributed by atoms with E-state index in [4.69, 9.17) is 0 Å². The Morgan fingerprint density at radius 3 is 3.08 bits per heavy atom. The highest BCUT2D eigenvalue weighted by Gasteiger charge is 2.31. The van der Waals surface area contributed by atoms with Gasteiger partial charge in [-0.1, -0.05) is 17.3 Å². The van der Waals surface area contributed by atoms with Gasteiger partial charge < -0.3 is 9.88 Å². The van der Waals surface area contributed by atoms with Gasteiger partial charge in [-0.2, -0.15) is 0 Å². The van der Waals surface area contributed by atoms with E-state index in [0.29, 0.717) is 13.0 Å². The molecule has 0 unspecified atom stereocenters. The van der Waals surface area contributed by atoms with Gasteiger partial charge in [0.25, 0.3) is 0 Å². The average Bonchev–Trinajstić information content (AvgIpc) is 3.31. The molecule has 1 amide bonds. The van der Waals surface area contributed by atoms with E-state index in [2.05, 4.69) is 20.3 Å². The third-order valence-electron chi connectivity index (χ3n) is 4.57. The fourth-order valence-electron chi connectivity index (χ4n) is 3.38. The lowest BCUT2D eigenvalue weighted by molar-refractivity contribution is -0.132. The number of carbonyl (C=O) groups excluding carboxylic acids is 1. The summed E-state index contributed by atoms with van der Waals surface area (Å²) in [6.07, 6.45) is 4.22. The maximum Gasteiger partial charge on any atom is 0.225 e. The van der Waals surface area contributed by atoms with E-state index in [0.717, 1.165) is 41.9 Å². The number of H-pyrrole nitrogens is 1. The molecule has 0 aliphatic carbocycles. The molecule has 0 saturated carbocycles. The van der Waals surface area contributed by atoms with E-state index >= 15 is 0 Å². The number of para-hydroxylation sites is 1. The molecular weight excluding hydrogens is 304 g/mol. The number of imidazole rings is 1. The molecule has 0 radical (unpaired) electrons. The van der Waals surface area contributed by atoms with Crippen molar-refractivity contribution < 1.29 is 4.79 Å². The Morgan fingerprint density at radius 2 is 2.25 bits per heavy atom. The number of fused-ring (bicyclic) bond motifs is 1. The molecule has 1 saturated heterocycles. The molecule has 1 aliphatic heterocycles. The summed E-state index contributed by atoms with van der Waals surface area (Å²) in [5, 5.41) is 8.28. The maximum atomic E-state index is 12.7. The van der Waals surface area contributed by atoms with Crippen molar-refractivity contribution in [3.8, 4) is 0 Å². The van der Waals surface area contributed by atoms with Crippen LogP contribution in [0.5, 0.6) is 0 Å². The molecule has 4 rings (SSSR count). The first-order chi connectivity index (χ1) is 11.7. The molecule has 7 heteroatoms. The standard InChI is InChI=1S/C17H20N6O/c1-12-11-18-17(19-12)15-7-4-9-22(15)16(24)8-10-23-14-6-3-2-5-13(14)20-21-23/h2-3,5-6,11,15H,4,7-10H2,1H3,(H,18,19)/t15-/m1/s1. The first kappa shape index (κ1) is 14.9. The predicted octanol–water partition coefficient (Wildman–Crippen LogP) is 2.22. The van der Waals surface area contributed by atoms with Crippen molar-refractivity contribution >= 4 is 16.9 Å². The largest absolute Gasteiger partial charge is 0.344 e. The molecule has 0 spiro atoms. The maximum absolute atomic E-state index is 12.7. The normalized spacial score (nSPS) is 17.7. The SMILES string of the molecule is Cc1cnc([C@H]2CCCN2C(=O)CCn2nnc3ccccc32)[nH]1. The molecule has 1 aromatic carbocycles. The van der Waals surface area contributed by atoms with Crippen molar-refractivity contribution in [3.63, 3.8) is 0 Å². The molecule has 7 nitrogen and oxygen atoms in total. The summed E-state index contributed by atoms with van der Waals surface area (Å²) in [7, 11) is 0. The van der Waals surface area contributed by atoms with Crippen LogP contribution in [0.1, 0.15) is 36.8 Å². The highest BCUT2D eigenvalue weighted by atomic mass is 16.2. The van der Waals surface area contributed by atoms with Crippen molar-refractivity contribution in [2.24, 2.45) is 0 Å². The van der Waals surface area contributed by atoms with Gasteiger partial charge in [-0.3, -0.25) is 4.79 Å². The van der Waals surface area contributed by atoms with Gasteiger partial charge in [0.2, 0.25) is 5.91 Å². The van der Waals surface area contributed by atoms with Crippen LogP contribution < -0.4 is 0 Å². The Labute approximate surface area is 139 Å². The molecule has 3 heterocycles. The number of nitrogens with zero attached hydrogens (tertiary/aromatic N) is 5. The number of nitrogens with one attached hydrogen (secondary N) is 1. The number of carbonyl (C=O) groups is 1. The molecule has 3 aromatic rings. The lowest BCUT2D eigenvalue weighted by atomic mass is 10.2. The van der Waals surface area contributed by atoms with Crippen molar-refractivity contribution in [1.29, 1.82) is 0 Å². The van der Waals surface area contributed by atoms with Gasteiger partial charge in [-0.25, -0.2) is 9.67 Å². The highest BCUT2D eigenvalue weighted by Crippen LogP contribution is 2.30. The molecule has 124 valence electrons. The second-order valence-electron chi connectivity index (χ2n) is 6.25. The van der Waals surface area contributed by atoms with Gasteiger partial charge in [-0.15, -0.1) is 5.10 Å². The Balaban J connectivity index is 1.45. The van der Waals surface area contributed by atoms with Crippen LogP contribution in [-0.4, -0.2) is 42.3 Å². The second kappa shape index (κ2) is 6.07. The number of aryl methyl sites for hydroxylation is 2. The fraction of sp³-hybridized carbons (Fsp3) is 0.412. The van der Waals surface area contributed by atoms with Gasteiger partial charge in [0, 0.05) is 24.9 Å². The lowest BCUT2D eigenvalue weighted by Crippen LogP contribution is -2.31. The van der Waals surface area contributed by atoms with E-state index < -0.39 is 0 Å². The third kappa shape index (κ3) is 2.66. The van der Waals surface area contributed by atoms with Crippen LogP contribution in [0.3, 0.4) is 0 Å². The van der Waals surface area contributed by atoms with Gasteiger partial charge >= 0.3 is 0 Å². The van der Waals surface area contributed by atoms with Crippen LogP contribution in [0.2, 0.25) is 0 Å². The number of hydrogen-bond donors (Lipinski definition) is 1. The number of aromatic amines is 1. The van der Waals surface area contributed by atoms with Crippen molar-refractivity contribution in [2.45, 2.75) is 38.8 Å². The third-order valence-corrected chi connectivity index (χ3v) is 4.57. The van der Waals surface area contributed by atoms with Crippen molar-refractivity contribution in [2.75, 3.05) is 6.54 Å². The zero-order valence-electron chi connectivity index (χ0n) is 13.6. The summed E-state index contributed by atoms with van der Waals surface area (Å²) in [6.45, 7) is 3.31. The molecule has 2 aromatic heterocycles. The minimum absolute atomic E-state index is 0.0682. The number of hydrogen-bond acceptors (Lipinski definition) is 4. The van der Waals surface area contributed by atoms with Crippen molar-refractivity contribution in [3.05, 3.63) is 42.0 Å². The van der Waals surface area contributed by atoms with E-state index in [-0.39, 0.29) is 11.9 Å². The van der Waals surface area contributed by atoms with E-state index in [1.54, 1.807) is 4.68 Å².